The van der Waals surface area contributed by atoms with Gasteiger partial charge in [0.05, 0.1) is 4.90 Å². The predicted molar refractivity (Wildman–Crippen MR) is 92.4 cm³/mol. The molecule has 1 aromatic carbocycles. The smallest absolute Gasteiger partial charge is 0.241 e. The monoisotopic (exact) mass is 364 g/mol. The molecule has 0 radical (unpaired) electrons. The van der Waals surface area contributed by atoms with Gasteiger partial charge in [-0.3, -0.25) is 0 Å². The van der Waals surface area contributed by atoms with Crippen LogP contribution in [0.3, 0.4) is 0 Å². The molecule has 3 rings (SSSR count). The molecule has 1 aromatic heterocycles. The number of halogens is 1. The first-order chi connectivity index (χ1) is 11.9. The van der Waals surface area contributed by atoms with Gasteiger partial charge >= 0.3 is 0 Å². The van der Waals surface area contributed by atoms with Crippen molar-refractivity contribution >= 4 is 10.0 Å². The number of ether oxygens (including phenoxy) is 1. The Labute approximate surface area is 147 Å². The number of sulfonamides is 1. The number of aryl methyl sites for hydroxylation is 1. The van der Waals surface area contributed by atoms with Gasteiger partial charge in [-0.2, -0.15) is 0 Å². The van der Waals surface area contributed by atoms with Gasteiger partial charge in [0.15, 0.2) is 0 Å². The number of benzene rings is 1. The van der Waals surface area contributed by atoms with Crippen molar-refractivity contribution in [1.82, 2.24) is 9.71 Å². The largest absolute Gasteiger partial charge is 0.474 e. The molecule has 0 unspecified atom stereocenters. The Morgan fingerprint density at radius 2 is 1.92 bits per heavy atom. The second-order valence-corrected chi connectivity index (χ2v) is 7.97. The second kappa shape index (κ2) is 7.49. The maximum Gasteiger partial charge on any atom is 0.241 e. The van der Waals surface area contributed by atoms with E-state index in [9.17, 15) is 12.8 Å². The van der Waals surface area contributed by atoms with Gasteiger partial charge in [-0.25, -0.2) is 22.5 Å². The Kier molecular flexibility index (Phi) is 5.34. The van der Waals surface area contributed by atoms with Crippen molar-refractivity contribution in [2.75, 3.05) is 0 Å². The van der Waals surface area contributed by atoms with Crippen LogP contribution in [0, 0.1) is 12.7 Å². The van der Waals surface area contributed by atoms with Crippen LogP contribution in [-0.4, -0.2) is 25.5 Å². The Morgan fingerprint density at radius 3 is 2.56 bits per heavy atom. The van der Waals surface area contributed by atoms with Crippen molar-refractivity contribution in [3.8, 4) is 5.88 Å². The molecule has 1 heterocycles. The van der Waals surface area contributed by atoms with Crippen molar-refractivity contribution in [2.45, 2.75) is 49.6 Å². The number of nitrogens with one attached hydrogen (secondary N) is 1. The number of rotatable bonds is 5. The molecule has 0 atom stereocenters. The topological polar surface area (TPSA) is 68.3 Å². The normalized spacial score (nSPS) is 21.0. The predicted octanol–water partition coefficient (Wildman–Crippen LogP) is 3.20. The van der Waals surface area contributed by atoms with E-state index in [1.165, 1.54) is 18.2 Å². The molecule has 0 bridgehead atoms. The van der Waals surface area contributed by atoms with E-state index in [0.717, 1.165) is 12.8 Å². The van der Waals surface area contributed by atoms with Gasteiger partial charge in [-0.15, -0.1) is 0 Å². The lowest BCUT2D eigenvalue weighted by atomic mass is 9.94. The summed E-state index contributed by atoms with van der Waals surface area (Å²) in [5, 5.41) is 0. The summed E-state index contributed by atoms with van der Waals surface area (Å²) < 4.78 is 46.8. The fourth-order valence-corrected chi connectivity index (χ4v) is 4.61. The van der Waals surface area contributed by atoms with Crippen molar-refractivity contribution in [1.29, 1.82) is 0 Å². The van der Waals surface area contributed by atoms with Crippen LogP contribution in [0.25, 0.3) is 0 Å². The van der Waals surface area contributed by atoms with Gasteiger partial charge in [0.25, 0.3) is 0 Å². The highest BCUT2D eigenvalue weighted by molar-refractivity contribution is 7.89. The average molecular weight is 364 g/mol. The van der Waals surface area contributed by atoms with Crippen LogP contribution in [0.4, 0.5) is 4.39 Å². The second-order valence-electron chi connectivity index (χ2n) is 6.29. The van der Waals surface area contributed by atoms with E-state index in [0.29, 0.717) is 24.3 Å². The van der Waals surface area contributed by atoms with Crippen molar-refractivity contribution < 1.29 is 17.5 Å². The molecular weight excluding hydrogens is 343 g/mol. The first-order valence-electron chi connectivity index (χ1n) is 8.30. The molecule has 1 fully saturated rings. The lowest BCUT2D eigenvalue weighted by molar-refractivity contribution is 0.138. The standard InChI is InChI=1S/C18H21FN2O3S/c1-13-12-14(19)5-10-17(13)25(22,23)21-15-6-8-16(9-7-15)24-18-4-2-3-11-20-18/h2-5,10-12,15-16,21H,6-9H2,1H3. The Balaban J connectivity index is 1.58. The molecule has 1 N–H and O–H groups in total. The van der Waals surface area contributed by atoms with E-state index >= 15 is 0 Å². The lowest BCUT2D eigenvalue weighted by Gasteiger charge is -2.29. The lowest BCUT2D eigenvalue weighted by Crippen LogP contribution is -2.39. The van der Waals surface area contributed by atoms with Gasteiger partial charge in [0.1, 0.15) is 11.9 Å². The van der Waals surface area contributed by atoms with Crippen LogP contribution in [0.15, 0.2) is 47.5 Å². The van der Waals surface area contributed by atoms with Crippen LogP contribution >= 0.6 is 0 Å². The molecule has 0 saturated heterocycles. The van der Waals surface area contributed by atoms with Crippen molar-refractivity contribution in [3.05, 3.63) is 54.0 Å². The molecule has 0 amide bonds. The minimum Gasteiger partial charge on any atom is -0.474 e. The van der Waals surface area contributed by atoms with Gasteiger partial charge in [0, 0.05) is 18.3 Å². The third-order valence-corrected chi connectivity index (χ3v) is 6.03. The number of pyridine rings is 1. The minimum atomic E-state index is -3.65. The van der Waals surface area contributed by atoms with E-state index < -0.39 is 15.8 Å². The maximum absolute atomic E-state index is 13.2. The quantitative estimate of drug-likeness (QED) is 0.885. The number of hydrogen-bond donors (Lipinski definition) is 1. The van der Waals surface area contributed by atoms with Gasteiger partial charge in [0.2, 0.25) is 15.9 Å². The molecule has 0 spiro atoms. The average Bonchev–Trinajstić information content (AvgIpc) is 2.57. The number of aromatic nitrogens is 1. The van der Waals surface area contributed by atoms with Crippen molar-refractivity contribution in [2.24, 2.45) is 0 Å². The zero-order valence-corrected chi connectivity index (χ0v) is 14.8. The first kappa shape index (κ1) is 17.8. The SMILES string of the molecule is Cc1cc(F)ccc1S(=O)(=O)NC1CCC(Oc2ccccn2)CC1. The fraction of sp³-hybridized carbons (Fsp3) is 0.389. The van der Waals surface area contributed by atoms with E-state index in [4.69, 9.17) is 4.74 Å². The van der Waals surface area contributed by atoms with Crippen LogP contribution in [0.1, 0.15) is 31.2 Å². The summed E-state index contributed by atoms with van der Waals surface area (Å²) in [5.74, 6) is 0.150. The molecule has 5 nitrogen and oxygen atoms in total. The summed E-state index contributed by atoms with van der Waals surface area (Å²) >= 11 is 0. The van der Waals surface area contributed by atoms with Gasteiger partial charge in [-0.05, 0) is 62.4 Å². The maximum atomic E-state index is 13.2. The molecule has 134 valence electrons. The minimum absolute atomic E-state index is 0.0446. The third-order valence-electron chi connectivity index (χ3n) is 4.35. The highest BCUT2D eigenvalue weighted by atomic mass is 32.2. The Hall–Kier alpha value is -1.99. The Morgan fingerprint density at radius 1 is 1.16 bits per heavy atom. The van der Waals surface area contributed by atoms with Gasteiger partial charge < -0.3 is 4.74 Å². The highest BCUT2D eigenvalue weighted by Gasteiger charge is 2.27. The molecule has 0 aliphatic heterocycles. The summed E-state index contributed by atoms with van der Waals surface area (Å²) in [7, 11) is -3.65. The fourth-order valence-electron chi connectivity index (χ4n) is 3.08. The summed E-state index contributed by atoms with van der Waals surface area (Å²) in [6.45, 7) is 1.59. The summed E-state index contributed by atoms with van der Waals surface area (Å²) in [6.07, 6.45) is 4.62. The summed E-state index contributed by atoms with van der Waals surface area (Å²) in [4.78, 5) is 4.27. The van der Waals surface area contributed by atoms with E-state index in [2.05, 4.69) is 9.71 Å². The summed E-state index contributed by atoms with van der Waals surface area (Å²) in [5.41, 5.74) is 0.402. The van der Waals surface area contributed by atoms with Crippen LogP contribution < -0.4 is 9.46 Å². The molecule has 1 saturated carbocycles. The molecule has 2 aromatic rings. The first-order valence-corrected chi connectivity index (χ1v) is 9.78. The molecule has 1 aliphatic rings. The van der Waals surface area contributed by atoms with Crippen molar-refractivity contribution in [3.63, 3.8) is 0 Å². The summed E-state index contributed by atoms with van der Waals surface area (Å²) in [6, 6.07) is 9.07. The molecule has 25 heavy (non-hydrogen) atoms. The van der Waals surface area contributed by atoms with E-state index in [1.54, 1.807) is 13.1 Å². The zero-order chi connectivity index (χ0) is 17.9. The highest BCUT2D eigenvalue weighted by Crippen LogP contribution is 2.25. The van der Waals surface area contributed by atoms with E-state index in [-0.39, 0.29) is 17.0 Å². The zero-order valence-electron chi connectivity index (χ0n) is 14.0. The molecule has 1 aliphatic carbocycles. The van der Waals surface area contributed by atoms with Crippen LogP contribution in [0.5, 0.6) is 5.88 Å². The third kappa shape index (κ3) is 4.55. The van der Waals surface area contributed by atoms with Crippen LogP contribution in [-0.2, 0) is 10.0 Å². The van der Waals surface area contributed by atoms with Gasteiger partial charge in [-0.1, -0.05) is 6.07 Å². The Bertz CT molecular complexity index is 819. The number of nitrogens with zero attached hydrogens (tertiary/aromatic N) is 1. The molecular formula is C18H21FN2O3S. The molecule has 7 heteroatoms. The van der Waals surface area contributed by atoms with Crippen LogP contribution in [0.2, 0.25) is 0 Å². The van der Waals surface area contributed by atoms with E-state index in [1.807, 2.05) is 18.2 Å². The number of hydrogen-bond acceptors (Lipinski definition) is 4.